The average molecular weight is 308 g/mol. The van der Waals surface area contributed by atoms with Crippen molar-refractivity contribution in [1.82, 2.24) is 9.80 Å². The highest BCUT2D eigenvalue weighted by atomic mass is 16.5. The number of carbonyl (C=O) groups is 2. The maximum Gasteiger partial charge on any atom is 0.246 e. The molecule has 0 radical (unpaired) electrons. The van der Waals surface area contributed by atoms with E-state index in [0.29, 0.717) is 26.2 Å². The second kappa shape index (κ2) is 7.27. The third-order valence-corrected chi connectivity index (χ3v) is 4.83. The minimum atomic E-state index is -0.242. The molecule has 2 fully saturated rings. The molecule has 0 bridgehead atoms. The molecule has 0 unspecified atom stereocenters. The number of hydrogen-bond acceptors (Lipinski definition) is 3. The predicted octanol–water partition coefficient (Wildman–Crippen LogP) is 1.83. The molecule has 2 rings (SSSR count). The summed E-state index contributed by atoms with van der Waals surface area (Å²) < 4.78 is 5.10. The van der Waals surface area contributed by atoms with Crippen molar-refractivity contribution in [2.24, 2.45) is 5.41 Å². The number of ether oxygens (including phenoxy) is 1. The number of likely N-dealkylation sites (tertiary alicyclic amines) is 2. The zero-order valence-electron chi connectivity index (χ0n) is 14.1. The Bertz CT molecular complexity index is 447. The van der Waals surface area contributed by atoms with Crippen LogP contribution in [0.2, 0.25) is 0 Å². The van der Waals surface area contributed by atoms with Crippen LogP contribution in [0, 0.1) is 5.41 Å². The van der Waals surface area contributed by atoms with Gasteiger partial charge >= 0.3 is 0 Å². The number of piperidine rings is 2. The minimum Gasteiger partial charge on any atom is -0.383 e. The highest BCUT2D eigenvalue weighted by molar-refractivity contribution is 5.89. The van der Waals surface area contributed by atoms with Crippen molar-refractivity contribution in [1.29, 1.82) is 0 Å². The molecule has 1 spiro atoms. The lowest BCUT2D eigenvalue weighted by Crippen LogP contribution is -2.54. The lowest BCUT2D eigenvalue weighted by molar-refractivity contribution is -0.152. The third kappa shape index (κ3) is 3.69. The molecule has 2 heterocycles. The molecule has 2 saturated heterocycles. The van der Waals surface area contributed by atoms with Crippen LogP contribution in [0.3, 0.4) is 0 Å². The van der Waals surface area contributed by atoms with Crippen LogP contribution >= 0.6 is 0 Å². The third-order valence-electron chi connectivity index (χ3n) is 4.83. The quantitative estimate of drug-likeness (QED) is 0.745. The lowest BCUT2D eigenvalue weighted by Gasteiger charge is -2.46. The molecule has 2 amide bonds. The van der Waals surface area contributed by atoms with E-state index in [1.807, 2.05) is 23.6 Å². The van der Waals surface area contributed by atoms with Gasteiger partial charge in [0, 0.05) is 39.4 Å². The van der Waals surface area contributed by atoms with Gasteiger partial charge in [-0.25, -0.2) is 0 Å². The fourth-order valence-corrected chi connectivity index (χ4v) is 3.52. The first kappa shape index (κ1) is 17.0. The maximum absolute atomic E-state index is 12.8. The van der Waals surface area contributed by atoms with Gasteiger partial charge < -0.3 is 14.5 Å². The summed E-state index contributed by atoms with van der Waals surface area (Å²) in [6.07, 6.45) is 5.28. The van der Waals surface area contributed by atoms with Gasteiger partial charge in [-0.05, 0) is 39.5 Å². The van der Waals surface area contributed by atoms with Crippen LogP contribution in [-0.4, -0.2) is 61.5 Å². The summed E-state index contributed by atoms with van der Waals surface area (Å²) in [5.74, 6) is 0.347. The number of rotatable bonds is 4. The summed E-state index contributed by atoms with van der Waals surface area (Å²) in [6, 6.07) is 0. The predicted molar refractivity (Wildman–Crippen MR) is 85.4 cm³/mol. The highest BCUT2D eigenvalue weighted by Crippen LogP contribution is 2.40. The Labute approximate surface area is 133 Å². The van der Waals surface area contributed by atoms with Gasteiger partial charge in [0.1, 0.15) is 0 Å². The Morgan fingerprint density at radius 2 is 1.91 bits per heavy atom. The highest BCUT2D eigenvalue weighted by Gasteiger charge is 2.45. The Balaban J connectivity index is 1.97. The van der Waals surface area contributed by atoms with Crippen LogP contribution < -0.4 is 0 Å². The van der Waals surface area contributed by atoms with Gasteiger partial charge in [0.05, 0.1) is 12.0 Å². The van der Waals surface area contributed by atoms with Crippen LogP contribution in [0.1, 0.15) is 39.5 Å². The molecule has 0 atom stereocenters. The Morgan fingerprint density at radius 3 is 2.50 bits per heavy atom. The molecule has 2 aliphatic heterocycles. The van der Waals surface area contributed by atoms with Crippen molar-refractivity contribution in [3.63, 3.8) is 0 Å². The van der Waals surface area contributed by atoms with E-state index < -0.39 is 0 Å². The SMILES string of the molecule is COCCN1CCCC2(CCN(C(=O)C=C(C)C)CC2)C1=O. The first-order valence-electron chi connectivity index (χ1n) is 8.21. The van der Waals surface area contributed by atoms with E-state index in [1.54, 1.807) is 13.2 Å². The summed E-state index contributed by atoms with van der Waals surface area (Å²) in [5.41, 5.74) is 0.776. The Morgan fingerprint density at radius 1 is 1.23 bits per heavy atom. The summed E-state index contributed by atoms with van der Waals surface area (Å²) in [4.78, 5) is 28.7. The second-order valence-corrected chi connectivity index (χ2v) is 6.72. The topological polar surface area (TPSA) is 49.9 Å². The number of nitrogens with zero attached hydrogens (tertiary/aromatic N) is 2. The first-order chi connectivity index (χ1) is 10.5. The molecule has 5 heteroatoms. The molecule has 22 heavy (non-hydrogen) atoms. The number of methoxy groups -OCH3 is 1. The number of allylic oxidation sites excluding steroid dienone is 1. The standard InChI is InChI=1S/C17H28N2O3/c1-14(2)13-15(20)18-9-6-17(7-10-18)5-4-8-19(16(17)21)11-12-22-3/h13H,4-12H2,1-3H3. The van der Waals surface area contributed by atoms with E-state index in [4.69, 9.17) is 4.74 Å². The Hall–Kier alpha value is -1.36. The maximum atomic E-state index is 12.8. The largest absolute Gasteiger partial charge is 0.383 e. The summed E-state index contributed by atoms with van der Waals surface area (Å²) in [5, 5.41) is 0. The van der Waals surface area contributed by atoms with Gasteiger partial charge in [-0.3, -0.25) is 9.59 Å². The second-order valence-electron chi connectivity index (χ2n) is 6.72. The number of hydrogen-bond donors (Lipinski definition) is 0. The molecule has 2 aliphatic rings. The zero-order chi connectivity index (χ0) is 16.2. The fraction of sp³-hybridized carbons (Fsp3) is 0.765. The van der Waals surface area contributed by atoms with E-state index in [2.05, 4.69) is 0 Å². The summed E-state index contributed by atoms with van der Waals surface area (Å²) in [6.45, 7) is 7.34. The summed E-state index contributed by atoms with van der Waals surface area (Å²) in [7, 11) is 1.66. The van der Waals surface area contributed by atoms with Gasteiger partial charge in [0.2, 0.25) is 11.8 Å². The average Bonchev–Trinajstić information content (AvgIpc) is 2.49. The molecule has 5 nitrogen and oxygen atoms in total. The molecule has 0 aliphatic carbocycles. The molecule has 0 aromatic carbocycles. The zero-order valence-corrected chi connectivity index (χ0v) is 14.1. The smallest absolute Gasteiger partial charge is 0.246 e. The van der Waals surface area contributed by atoms with Crippen molar-refractivity contribution in [3.05, 3.63) is 11.6 Å². The number of amides is 2. The molecule has 0 aromatic rings. The monoisotopic (exact) mass is 308 g/mol. The molecule has 0 N–H and O–H groups in total. The van der Waals surface area contributed by atoms with E-state index >= 15 is 0 Å². The van der Waals surface area contributed by atoms with Gasteiger partial charge in [-0.15, -0.1) is 0 Å². The number of carbonyl (C=O) groups excluding carboxylic acids is 2. The van der Waals surface area contributed by atoms with Crippen LogP contribution in [0.4, 0.5) is 0 Å². The normalized spacial score (nSPS) is 21.1. The van der Waals surface area contributed by atoms with Gasteiger partial charge in [-0.1, -0.05) is 5.57 Å². The molecular formula is C17H28N2O3. The van der Waals surface area contributed by atoms with E-state index in [0.717, 1.165) is 37.8 Å². The molecule has 124 valence electrons. The fourth-order valence-electron chi connectivity index (χ4n) is 3.52. The van der Waals surface area contributed by atoms with Crippen molar-refractivity contribution in [2.75, 3.05) is 39.9 Å². The first-order valence-corrected chi connectivity index (χ1v) is 8.21. The van der Waals surface area contributed by atoms with Gasteiger partial charge in [-0.2, -0.15) is 0 Å². The van der Waals surface area contributed by atoms with Gasteiger partial charge in [0.25, 0.3) is 0 Å². The van der Waals surface area contributed by atoms with Crippen LogP contribution in [0.25, 0.3) is 0 Å². The van der Waals surface area contributed by atoms with E-state index in [1.165, 1.54) is 0 Å². The van der Waals surface area contributed by atoms with Crippen molar-refractivity contribution in [3.8, 4) is 0 Å². The summed E-state index contributed by atoms with van der Waals surface area (Å²) >= 11 is 0. The molecule has 0 saturated carbocycles. The minimum absolute atomic E-state index is 0.0781. The Kier molecular flexibility index (Phi) is 5.62. The lowest BCUT2D eigenvalue weighted by atomic mass is 9.71. The van der Waals surface area contributed by atoms with E-state index in [-0.39, 0.29) is 17.2 Å². The molecule has 0 aromatic heterocycles. The van der Waals surface area contributed by atoms with Crippen LogP contribution in [0.15, 0.2) is 11.6 Å². The van der Waals surface area contributed by atoms with Crippen LogP contribution in [-0.2, 0) is 14.3 Å². The van der Waals surface area contributed by atoms with E-state index in [9.17, 15) is 9.59 Å². The van der Waals surface area contributed by atoms with Gasteiger partial charge in [0.15, 0.2) is 0 Å². The van der Waals surface area contributed by atoms with Crippen molar-refractivity contribution in [2.45, 2.75) is 39.5 Å². The molecular weight excluding hydrogens is 280 g/mol. The van der Waals surface area contributed by atoms with Crippen LogP contribution in [0.5, 0.6) is 0 Å². The van der Waals surface area contributed by atoms with Crippen molar-refractivity contribution < 1.29 is 14.3 Å². The van der Waals surface area contributed by atoms with Crippen molar-refractivity contribution >= 4 is 11.8 Å².